The van der Waals surface area contributed by atoms with Crippen LogP contribution < -0.4 is 9.47 Å². The van der Waals surface area contributed by atoms with Crippen molar-refractivity contribution in [3.8, 4) is 11.5 Å². The van der Waals surface area contributed by atoms with Crippen molar-refractivity contribution in [2.45, 2.75) is 25.4 Å². The van der Waals surface area contributed by atoms with Gasteiger partial charge in [0, 0.05) is 0 Å². The normalized spacial score (nSPS) is 12.2. The largest absolute Gasteiger partial charge is 0.497 e. The van der Waals surface area contributed by atoms with Crippen LogP contribution in [0.15, 0.2) is 18.2 Å². The number of methoxy groups -OCH3 is 2. The molecule has 0 aliphatic rings. The summed E-state index contributed by atoms with van der Waals surface area (Å²) < 4.78 is 10.4. The van der Waals surface area contributed by atoms with E-state index in [0.717, 1.165) is 29.9 Å². The lowest BCUT2D eigenvalue weighted by Gasteiger charge is -2.11. The van der Waals surface area contributed by atoms with Crippen LogP contribution in [0.5, 0.6) is 11.5 Å². The van der Waals surface area contributed by atoms with Crippen LogP contribution in [-0.4, -0.2) is 37.1 Å². The highest BCUT2D eigenvalue weighted by molar-refractivity contribution is 5.40. The molecule has 0 saturated carbocycles. The third-order valence-corrected chi connectivity index (χ3v) is 2.68. The highest BCUT2D eigenvalue weighted by atomic mass is 16.5. The first-order chi connectivity index (χ1) is 8.21. The lowest BCUT2D eigenvalue weighted by Crippen LogP contribution is -2.11. The molecule has 2 N–H and O–H groups in total. The van der Waals surface area contributed by atoms with Crippen LogP contribution in [0.4, 0.5) is 0 Å². The Morgan fingerprint density at radius 2 is 2.00 bits per heavy atom. The van der Waals surface area contributed by atoms with Crippen molar-refractivity contribution in [1.29, 1.82) is 0 Å². The molecule has 0 aliphatic heterocycles. The molecule has 0 spiro atoms. The summed E-state index contributed by atoms with van der Waals surface area (Å²) in [6, 6.07) is 5.66. The van der Waals surface area contributed by atoms with E-state index < -0.39 is 6.10 Å². The fraction of sp³-hybridized carbons (Fsp3) is 0.538. The van der Waals surface area contributed by atoms with Gasteiger partial charge in [0.1, 0.15) is 11.5 Å². The van der Waals surface area contributed by atoms with E-state index in [9.17, 15) is 5.11 Å². The van der Waals surface area contributed by atoms with Crippen LogP contribution in [-0.2, 0) is 6.42 Å². The van der Waals surface area contributed by atoms with Crippen molar-refractivity contribution in [3.63, 3.8) is 0 Å². The highest BCUT2D eigenvalue weighted by Crippen LogP contribution is 2.25. The molecule has 0 aromatic heterocycles. The number of benzene rings is 1. The standard InChI is InChI=1S/C13H20O4/c1-16-12-6-7-13(17-2)10(8-12)4-3-5-11(15)9-14/h6-8,11,14-15H,3-5,9H2,1-2H3. The topological polar surface area (TPSA) is 58.9 Å². The van der Waals surface area contributed by atoms with Gasteiger partial charge in [-0.2, -0.15) is 0 Å². The van der Waals surface area contributed by atoms with Crippen molar-refractivity contribution in [2.24, 2.45) is 0 Å². The Kier molecular flexibility index (Phi) is 5.80. The van der Waals surface area contributed by atoms with Crippen molar-refractivity contribution in [2.75, 3.05) is 20.8 Å². The fourth-order valence-corrected chi connectivity index (χ4v) is 1.70. The number of ether oxygens (including phenoxy) is 2. The summed E-state index contributed by atoms with van der Waals surface area (Å²) in [5.41, 5.74) is 1.05. The monoisotopic (exact) mass is 240 g/mol. The maximum atomic E-state index is 9.26. The minimum absolute atomic E-state index is 0.185. The van der Waals surface area contributed by atoms with Gasteiger partial charge in [0.2, 0.25) is 0 Å². The van der Waals surface area contributed by atoms with Crippen molar-refractivity contribution in [1.82, 2.24) is 0 Å². The fourth-order valence-electron chi connectivity index (χ4n) is 1.70. The SMILES string of the molecule is COc1ccc(OC)c(CCCC(O)CO)c1. The third kappa shape index (κ3) is 4.24. The highest BCUT2D eigenvalue weighted by Gasteiger charge is 2.07. The summed E-state index contributed by atoms with van der Waals surface area (Å²) in [6.45, 7) is -0.185. The second-order valence-electron chi connectivity index (χ2n) is 3.91. The molecule has 4 nitrogen and oxygen atoms in total. The van der Waals surface area contributed by atoms with Gasteiger partial charge in [0.15, 0.2) is 0 Å². The Hall–Kier alpha value is -1.26. The molecular weight excluding hydrogens is 220 g/mol. The van der Waals surface area contributed by atoms with Crippen molar-refractivity contribution in [3.05, 3.63) is 23.8 Å². The van der Waals surface area contributed by atoms with Crippen LogP contribution in [0.3, 0.4) is 0 Å². The van der Waals surface area contributed by atoms with Crippen molar-refractivity contribution >= 4 is 0 Å². The van der Waals surface area contributed by atoms with E-state index in [-0.39, 0.29) is 6.61 Å². The molecule has 0 saturated heterocycles. The number of aliphatic hydroxyl groups excluding tert-OH is 2. The predicted octanol–water partition coefficient (Wildman–Crippen LogP) is 1.38. The van der Waals surface area contributed by atoms with Gasteiger partial charge in [-0.15, -0.1) is 0 Å². The molecule has 1 atom stereocenters. The molecule has 1 aromatic carbocycles. The first-order valence-corrected chi connectivity index (χ1v) is 5.71. The molecule has 0 bridgehead atoms. The maximum Gasteiger partial charge on any atom is 0.122 e. The van der Waals surface area contributed by atoms with Gasteiger partial charge in [-0.25, -0.2) is 0 Å². The van der Waals surface area contributed by atoms with E-state index in [1.807, 2.05) is 18.2 Å². The quantitative estimate of drug-likeness (QED) is 0.756. The number of hydrogen-bond donors (Lipinski definition) is 2. The lowest BCUT2D eigenvalue weighted by atomic mass is 10.0. The molecule has 0 heterocycles. The van der Waals surface area contributed by atoms with E-state index in [0.29, 0.717) is 6.42 Å². The molecule has 0 fully saturated rings. The van der Waals surface area contributed by atoms with Gasteiger partial charge in [-0.05, 0) is 43.0 Å². The Morgan fingerprint density at radius 1 is 1.24 bits per heavy atom. The van der Waals surface area contributed by atoms with Gasteiger partial charge >= 0.3 is 0 Å². The second-order valence-corrected chi connectivity index (χ2v) is 3.91. The van der Waals surface area contributed by atoms with Crippen LogP contribution in [0, 0.1) is 0 Å². The summed E-state index contributed by atoms with van der Waals surface area (Å²) in [7, 11) is 3.26. The summed E-state index contributed by atoms with van der Waals surface area (Å²) in [4.78, 5) is 0. The molecule has 1 rings (SSSR count). The Bertz CT molecular complexity index is 338. The van der Waals surface area contributed by atoms with Crippen LogP contribution >= 0.6 is 0 Å². The lowest BCUT2D eigenvalue weighted by molar-refractivity contribution is 0.0867. The molecule has 0 radical (unpaired) electrons. The minimum atomic E-state index is -0.633. The van der Waals surface area contributed by atoms with Crippen LogP contribution in [0.25, 0.3) is 0 Å². The van der Waals surface area contributed by atoms with Gasteiger partial charge in [0.25, 0.3) is 0 Å². The van der Waals surface area contributed by atoms with E-state index >= 15 is 0 Å². The number of aryl methyl sites for hydroxylation is 1. The number of aliphatic hydroxyl groups is 2. The zero-order chi connectivity index (χ0) is 12.7. The summed E-state index contributed by atoms with van der Waals surface area (Å²) in [5, 5.41) is 18.0. The summed E-state index contributed by atoms with van der Waals surface area (Å²) in [5.74, 6) is 1.62. The molecule has 1 unspecified atom stereocenters. The molecule has 17 heavy (non-hydrogen) atoms. The zero-order valence-electron chi connectivity index (χ0n) is 10.3. The van der Waals surface area contributed by atoms with Gasteiger partial charge < -0.3 is 19.7 Å². The Labute approximate surface area is 102 Å². The van der Waals surface area contributed by atoms with Gasteiger partial charge in [0.05, 0.1) is 26.9 Å². The van der Waals surface area contributed by atoms with Crippen LogP contribution in [0.2, 0.25) is 0 Å². The number of hydrogen-bond acceptors (Lipinski definition) is 4. The van der Waals surface area contributed by atoms with E-state index in [1.165, 1.54) is 0 Å². The van der Waals surface area contributed by atoms with E-state index in [4.69, 9.17) is 14.6 Å². The predicted molar refractivity (Wildman–Crippen MR) is 65.6 cm³/mol. The molecule has 1 aromatic rings. The Morgan fingerprint density at radius 3 is 2.59 bits per heavy atom. The minimum Gasteiger partial charge on any atom is -0.497 e. The number of rotatable bonds is 7. The maximum absolute atomic E-state index is 9.26. The third-order valence-electron chi connectivity index (χ3n) is 2.68. The summed E-state index contributed by atoms with van der Waals surface area (Å²) in [6.07, 6.45) is 1.53. The first kappa shape index (κ1) is 13.8. The average Bonchev–Trinajstić information content (AvgIpc) is 2.38. The smallest absolute Gasteiger partial charge is 0.122 e. The zero-order valence-corrected chi connectivity index (χ0v) is 10.3. The molecule has 0 aliphatic carbocycles. The average molecular weight is 240 g/mol. The molecule has 4 heteroatoms. The van der Waals surface area contributed by atoms with Crippen LogP contribution in [0.1, 0.15) is 18.4 Å². The Balaban J connectivity index is 2.61. The van der Waals surface area contributed by atoms with E-state index in [1.54, 1.807) is 14.2 Å². The molecular formula is C13H20O4. The summed E-state index contributed by atoms with van der Waals surface area (Å²) >= 11 is 0. The molecule has 96 valence electrons. The van der Waals surface area contributed by atoms with Gasteiger partial charge in [-0.1, -0.05) is 0 Å². The van der Waals surface area contributed by atoms with Crippen molar-refractivity contribution < 1.29 is 19.7 Å². The van der Waals surface area contributed by atoms with E-state index in [2.05, 4.69) is 0 Å². The first-order valence-electron chi connectivity index (χ1n) is 5.71. The molecule has 0 amide bonds. The van der Waals surface area contributed by atoms with Gasteiger partial charge in [-0.3, -0.25) is 0 Å². The second kappa shape index (κ2) is 7.14.